The number of benzene rings is 2. The summed E-state index contributed by atoms with van der Waals surface area (Å²) < 4.78 is 5.65. The monoisotopic (exact) mass is 302 g/mol. The minimum Gasteiger partial charge on any atom is -0.491 e. The zero-order valence-electron chi connectivity index (χ0n) is 12.2. The molecule has 1 N–H and O–H groups in total. The van der Waals surface area contributed by atoms with E-state index in [0.717, 1.165) is 21.9 Å². The lowest BCUT2D eigenvalue weighted by Gasteiger charge is -2.09. The third-order valence-electron chi connectivity index (χ3n) is 2.73. The highest BCUT2D eigenvalue weighted by Gasteiger charge is 1.97. The molecule has 0 saturated carbocycles. The van der Waals surface area contributed by atoms with Crippen LogP contribution in [0.25, 0.3) is 0 Å². The van der Waals surface area contributed by atoms with Crippen LogP contribution in [0.3, 0.4) is 0 Å². The van der Waals surface area contributed by atoms with Gasteiger partial charge < -0.3 is 10.2 Å². The lowest BCUT2D eigenvalue weighted by atomic mass is 10.2. The number of rotatable bonds is 6. The molecule has 0 unspecified atom stereocenters. The SMILES string of the molecule is CC(C)Oc1cccc(/C=N\NCc2ccc(Cl)cc2)c1. The van der Waals surface area contributed by atoms with Gasteiger partial charge in [-0.1, -0.05) is 35.9 Å². The zero-order valence-corrected chi connectivity index (χ0v) is 13.0. The summed E-state index contributed by atoms with van der Waals surface area (Å²) in [6.45, 7) is 4.68. The first-order valence-corrected chi connectivity index (χ1v) is 7.28. The minimum absolute atomic E-state index is 0.167. The van der Waals surface area contributed by atoms with Crippen molar-refractivity contribution in [3.05, 3.63) is 64.7 Å². The van der Waals surface area contributed by atoms with Crippen LogP contribution in [-0.4, -0.2) is 12.3 Å². The number of hydrogen-bond donors (Lipinski definition) is 1. The Kier molecular flexibility index (Phi) is 5.64. The molecule has 2 aromatic rings. The maximum absolute atomic E-state index is 5.84. The number of halogens is 1. The molecule has 4 heteroatoms. The van der Waals surface area contributed by atoms with Gasteiger partial charge in [0, 0.05) is 5.02 Å². The van der Waals surface area contributed by atoms with Gasteiger partial charge in [-0.25, -0.2) is 0 Å². The fraction of sp³-hybridized carbons (Fsp3) is 0.235. The second-order valence-corrected chi connectivity index (χ2v) is 5.40. The Labute approximate surface area is 130 Å². The normalized spacial score (nSPS) is 11.0. The average Bonchev–Trinajstić information content (AvgIpc) is 2.45. The summed E-state index contributed by atoms with van der Waals surface area (Å²) in [4.78, 5) is 0. The Hall–Kier alpha value is -2.00. The van der Waals surface area contributed by atoms with Crippen LogP contribution in [0.15, 0.2) is 53.6 Å². The highest BCUT2D eigenvalue weighted by atomic mass is 35.5. The highest BCUT2D eigenvalue weighted by molar-refractivity contribution is 6.30. The lowest BCUT2D eigenvalue weighted by molar-refractivity contribution is 0.242. The zero-order chi connectivity index (χ0) is 15.1. The third kappa shape index (κ3) is 5.48. The van der Waals surface area contributed by atoms with Crippen molar-refractivity contribution in [3.8, 4) is 5.75 Å². The second kappa shape index (κ2) is 7.70. The fourth-order valence-electron chi connectivity index (χ4n) is 1.80. The molecular weight excluding hydrogens is 284 g/mol. The molecule has 0 aliphatic carbocycles. The van der Waals surface area contributed by atoms with Gasteiger partial charge in [-0.3, -0.25) is 0 Å². The summed E-state index contributed by atoms with van der Waals surface area (Å²) >= 11 is 5.84. The first kappa shape index (κ1) is 15.4. The smallest absolute Gasteiger partial charge is 0.120 e. The topological polar surface area (TPSA) is 33.6 Å². The predicted octanol–water partition coefficient (Wildman–Crippen LogP) is 4.25. The van der Waals surface area contributed by atoms with Crippen molar-refractivity contribution in [2.24, 2.45) is 5.10 Å². The Morgan fingerprint density at radius 2 is 1.95 bits per heavy atom. The molecule has 0 fully saturated rings. The van der Waals surface area contributed by atoms with E-state index in [1.165, 1.54) is 0 Å². The number of nitrogens with zero attached hydrogens (tertiary/aromatic N) is 1. The summed E-state index contributed by atoms with van der Waals surface area (Å²) in [5.41, 5.74) is 5.15. The van der Waals surface area contributed by atoms with E-state index in [4.69, 9.17) is 16.3 Å². The summed E-state index contributed by atoms with van der Waals surface area (Å²) in [6, 6.07) is 15.5. The van der Waals surface area contributed by atoms with Crippen molar-refractivity contribution in [1.29, 1.82) is 0 Å². The van der Waals surface area contributed by atoms with Gasteiger partial charge in [0.2, 0.25) is 0 Å². The number of ether oxygens (including phenoxy) is 1. The summed E-state index contributed by atoms with van der Waals surface area (Å²) in [5, 5.41) is 4.96. The molecule has 0 saturated heterocycles. The molecule has 0 aliphatic heterocycles. The van der Waals surface area contributed by atoms with Crippen LogP contribution in [0.5, 0.6) is 5.75 Å². The van der Waals surface area contributed by atoms with Gasteiger partial charge in [-0.15, -0.1) is 0 Å². The number of hydrogen-bond acceptors (Lipinski definition) is 3. The largest absolute Gasteiger partial charge is 0.491 e. The first-order chi connectivity index (χ1) is 10.1. The van der Waals surface area contributed by atoms with E-state index in [9.17, 15) is 0 Å². The fourth-order valence-corrected chi connectivity index (χ4v) is 1.93. The van der Waals surface area contributed by atoms with Crippen molar-refractivity contribution < 1.29 is 4.74 Å². The van der Waals surface area contributed by atoms with E-state index < -0.39 is 0 Å². The molecule has 21 heavy (non-hydrogen) atoms. The predicted molar refractivity (Wildman–Crippen MR) is 88.1 cm³/mol. The summed E-state index contributed by atoms with van der Waals surface area (Å²) in [6.07, 6.45) is 1.95. The van der Waals surface area contributed by atoms with Gasteiger partial charge >= 0.3 is 0 Å². The van der Waals surface area contributed by atoms with Crippen molar-refractivity contribution in [3.63, 3.8) is 0 Å². The van der Waals surface area contributed by atoms with Gasteiger partial charge in [0.05, 0.1) is 18.9 Å². The Balaban J connectivity index is 1.87. The van der Waals surface area contributed by atoms with E-state index >= 15 is 0 Å². The van der Waals surface area contributed by atoms with Gasteiger partial charge in [-0.05, 0) is 49.2 Å². The quantitative estimate of drug-likeness (QED) is 0.639. The van der Waals surface area contributed by atoms with E-state index in [1.807, 2.05) is 62.4 Å². The molecule has 0 aromatic heterocycles. The van der Waals surface area contributed by atoms with Gasteiger partial charge in [0.15, 0.2) is 0 Å². The van der Waals surface area contributed by atoms with E-state index in [1.54, 1.807) is 6.21 Å². The highest BCUT2D eigenvalue weighted by Crippen LogP contribution is 2.13. The molecule has 0 bridgehead atoms. The Morgan fingerprint density at radius 1 is 1.19 bits per heavy atom. The van der Waals surface area contributed by atoms with Crippen LogP contribution in [0.2, 0.25) is 5.02 Å². The Bertz CT molecular complexity index is 594. The summed E-state index contributed by atoms with van der Waals surface area (Å²) in [5.74, 6) is 0.853. The third-order valence-corrected chi connectivity index (χ3v) is 2.98. The molecule has 3 nitrogen and oxygen atoms in total. The molecule has 0 spiro atoms. The lowest BCUT2D eigenvalue weighted by Crippen LogP contribution is -2.06. The molecule has 2 rings (SSSR count). The molecule has 0 aliphatic rings. The van der Waals surface area contributed by atoms with Gasteiger partial charge in [0.25, 0.3) is 0 Å². The van der Waals surface area contributed by atoms with E-state index in [0.29, 0.717) is 6.54 Å². The Morgan fingerprint density at radius 3 is 2.67 bits per heavy atom. The maximum Gasteiger partial charge on any atom is 0.120 e. The van der Waals surface area contributed by atoms with Crippen molar-refractivity contribution in [2.75, 3.05) is 0 Å². The second-order valence-electron chi connectivity index (χ2n) is 4.96. The van der Waals surface area contributed by atoms with Crippen LogP contribution in [0.4, 0.5) is 0 Å². The van der Waals surface area contributed by atoms with Crippen LogP contribution < -0.4 is 10.2 Å². The minimum atomic E-state index is 0.167. The molecule has 110 valence electrons. The average molecular weight is 303 g/mol. The van der Waals surface area contributed by atoms with Crippen LogP contribution in [0, 0.1) is 0 Å². The standard InChI is InChI=1S/C17H19ClN2O/c1-13(2)21-17-5-3-4-15(10-17)12-20-19-11-14-6-8-16(18)9-7-14/h3-10,12-13,19H,11H2,1-2H3/b20-12-. The summed E-state index contributed by atoms with van der Waals surface area (Å²) in [7, 11) is 0. The van der Waals surface area contributed by atoms with Crippen LogP contribution in [-0.2, 0) is 6.54 Å². The van der Waals surface area contributed by atoms with Gasteiger partial charge in [-0.2, -0.15) is 5.10 Å². The molecule has 0 amide bonds. The molecular formula is C17H19ClN2O. The van der Waals surface area contributed by atoms with Gasteiger partial charge in [0.1, 0.15) is 5.75 Å². The van der Waals surface area contributed by atoms with Crippen molar-refractivity contribution >= 4 is 17.8 Å². The molecule has 2 aromatic carbocycles. The number of hydrazone groups is 1. The van der Waals surface area contributed by atoms with Crippen LogP contribution >= 0.6 is 11.6 Å². The first-order valence-electron chi connectivity index (χ1n) is 6.90. The molecule has 0 heterocycles. The molecule has 0 atom stereocenters. The number of nitrogens with one attached hydrogen (secondary N) is 1. The van der Waals surface area contributed by atoms with E-state index in [2.05, 4.69) is 10.5 Å². The molecule has 0 radical (unpaired) electrons. The van der Waals surface area contributed by atoms with Crippen LogP contribution in [0.1, 0.15) is 25.0 Å². The van der Waals surface area contributed by atoms with Crippen molar-refractivity contribution in [1.82, 2.24) is 5.43 Å². The van der Waals surface area contributed by atoms with E-state index in [-0.39, 0.29) is 6.10 Å². The maximum atomic E-state index is 5.84. The van der Waals surface area contributed by atoms with Crippen molar-refractivity contribution in [2.45, 2.75) is 26.5 Å².